The van der Waals surface area contributed by atoms with Crippen LogP contribution < -0.4 is 10.2 Å². The maximum Gasteiger partial charge on any atom is 0.333 e. The predicted octanol–water partition coefficient (Wildman–Crippen LogP) is 2.50. The van der Waals surface area contributed by atoms with Gasteiger partial charge in [0, 0.05) is 10.0 Å². The molecule has 6 nitrogen and oxygen atoms in total. The number of amides is 3. The number of carbonyl (C=O) groups excluding carboxylic acids is 3. The first-order chi connectivity index (χ1) is 9.92. The Kier molecular flexibility index (Phi) is 4.50. The van der Waals surface area contributed by atoms with E-state index < -0.39 is 17.9 Å². The molecule has 0 bridgehead atoms. The van der Waals surface area contributed by atoms with Gasteiger partial charge in [0.25, 0.3) is 5.91 Å². The van der Waals surface area contributed by atoms with Gasteiger partial charge in [-0.1, -0.05) is 23.2 Å². The summed E-state index contributed by atoms with van der Waals surface area (Å²) in [5.41, 5.74) is 0.0387. The van der Waals surface area contributed by atoms with Crippen LogP contribution in [-0.2, 0) is 14.3 Å². The summed E-state index contributed by atoms with van der Waals surface area (Å²) in [6, 6.07) is 3.60. The van der Waals surface area contributed by atoms with Crippen LogP contribution in [0.5, 0.6) is 0 Å². The van der Waals surface area contributed by atoms with Crippen LogP contribution in [0.3, 0.4) is 0 Å². The number of urea groups is 1. The highest BCUT2D eigenvalue weighted by molar-refractivity contribution is 6.36. The van der Waals surface area contributed by atoms with E-state index in [-0.39, 0.29) is 28.0 Å². The van der Waals surface area contributed by atoms with E-state index in [0.29, 0.717) is 0 Å². The van der Waals surface area contributed by atoms with Crippen LogP contribution in [0.2, 0.25) is 10.0 Å². The molecule has 1 aliphatic rings. The summed E-state index contributed by atoms with van der Waals surface area (Å²) < 4.78 is 4.69. The molecule has 1 aromatic rings. The normalized spacial score (nSPS) is 16.3. The highest BCUT2D eigenvalue weighted by atomic mass is 35.5. The Hall–Kier alpha value is -2.05. The third-order valence-corrected chi connectivity index (χ3v) is 2.97. The monoisotopic (exact) mass is 328 g/mol. The molecule has 1 aliphatic heterocycles. The van der Waals surface area contributed by atoms with Gasteiger partial charge in [0.1, 0.15) is 5.70 Å². The summed E-state index contributed by atoms with van der Waals surface area (Å²) in [6.45, 7) is 1.80. The lowest BCUT2D eigenvalue weighted by molar-refractivity contribution is -0.137. The number of hydrogen-bond acceptors (Lipinski definition) is 4. The molecule has 0 aromatic heterocycles. The zero-order valence-corrected chi connectivity index (χ0v) is 12.4. The fourth-order valence-electron chi connectivity index (χ4n) is 1.74. The molecule has 1 fully saturated rings. The second-order valence-corrected chi connectivity index (χ2v) is 4.88. The molecule has 1 N–H and O–H groups in total. The van der Waals surface area contributed by atoms with Crippen molar-refractivity contribution in [1.82, 2.24) is 5.32 Å². The van der Waals surface area contributed by atoms with Crippen LogP contribution in [0.1, 0.15) is 6.92 Å². The zero-order valence-electron chi connectivity index (χ0n) is 10.9. The van der Waals surface area contributed by atoms with E-state index in [4.69, 9.17) is 23.2 Å². The van der Waals surface area contributed by atoms with E-state index in [1.807, 2.05) is 0 Å². The first-order valence-corrected chi connectivity index (χ1v) is 6.68. The maximum atomic E-state index is 12.2. The molecular weight excluding hydrogens is 319 g/mol. The number of halogens is 2. The summed E-state index contributed by atoms with van der Waals surface area (Å²) in [7, 11) is 0. The Morgan fingerprint density at radius 3 is 2.48 bits per heavy atom. The van der Waals surface area contributed by atoms with Gasteiger partial charge in [-0.25, -0.2) is 14.5 Å². The van der Waals surface area contributed by atoms with Crippen molar-refractivity contribution in [3.63, 3.8) is 0 Å². The number of rotatable bonds is 3. The molecular formula is C13H10Cl2N2O4. The molecule has 1 saturated heterocycles. The Morgan fingerprint density at radius 1 is 1.29 bits per heavy atom. The van der Waals surface area contributed by atoms with Crippen molar-refractivity contribution in [3.8, 4) is 0 Å². The average molecular weight is 329 g/mol. The maximum absolute atomic E-state index is 12.2. The lowest BCUT2D eigenvalue weighted by Crippen LogP contribution is -2.30. The minimum absolute atomic E-state index is 0.165. The molecule has 8 heteroatoms. The topological polar surface area (TPSA) is 75.7 Å². The molecule has 1 aromatic carbocycles. The van der Waals surface area contributed by atoms with Gasteiger partial charge >= 0.3 is 12.0 Å². The molecule has 0 aliphatic carbocycles. The molecule has 0 spiro atoms. The van der Waals surface area contributed by atoms with Gasteiger partial charge in [0.15, 0.2) is 0 Å². The van der Waals surface area contributed by atoms with Gasteiger partial charge in [-0.3, -0.25) is 4.79 Å². The molecule has 110 valence electrons. The predicted molar refractivity (Wildman–Crippen MR) is 77.2 cm³/mol. The molecule has 0 atom stereocenters. The number of nitrogens with zero attached hydrogens (tertiary/aromatic N) is 1. The van der Waals surface area contributed by atoms with E-state index in [9.17, 15) is 14.4 Å². The van der Waals surface area contributed by atoms with Crippen molar-refractivity contribution in [2.24, 2.45) is 0 Å². The van der Waals surface area contributed by atoms with Crippen LogP contribution in [0.4, 0.5) is 10.5 Å². The number of anilines is 1. The summed E-state index contributed by atoms with van der Waals surface area (Å²) in [5, 5.41) is 2.85. The highest BCUT2D eigenvalue weighted by Crippen LogP contribution is 2.28. The Balaban J connectivity index is 2.32. The fraction of sp³-hybridized carbons (Fsp3) is 0.154. The summed E-state index contributed by atoms with van der Waals surface area (Å²) in [6.07, 6.45) is 0.926. The quantitative estimate of drug-likeness (QED) is 0.525. The number of carbonyl (C=O) groups is 3. The largest absolute Gasteiger partial charge is 0.463 e. The van der Waals surface area contributed by atoms with Crippen molar-refractivity contribution < 1.29 is 19.1 Å². The number of ether oxygens (including phenoxy) is 1. The van der Waals surface area contributed by atoms with Crippen molar-refractivity contribution in [2.75, 3.05) is 11.5 Å². The van der Waals surface area contributed by atoms with E-state index in [1.54, 1.807) is 6.92 Å². The molecule has 3 amide bonds. The lowest BCUT2D eigenvalue weighted by Gasteiger charge is -2.12. The highest BCUT2D eigenvalue weighted by Gasteiger charge is 2.35. The van der Waals surface area contributed by atoms with E-state index in [2.05, 4.69) is 10.1 Å². The van der Waals surface area contributed by atoms with Gasteiger partial charge in [-0.2, -0.15) is 0 Å². The van der Waals surface area contributed by atoms with Gasteiger partial charge in [-0.05, 0) is 25.1 Å². The smallest absolute Gasteiger partial charge is 0.333 e. The second kappa shape index (κ2) is 6.15. The van der Waals surface area contributed by atoms with Crippen molar-refractivity contribution in [3.05, 3.63) is 40.0 Å². The molecule has 1 heterocycles. The van der Waals surface area contributed by atoms with Crippen LogP contribution in [0, 0.1) is 0 Å². The summed E-state index contributed by atoms with van der Waals surface area (Å²) in [5.74, 6) is -1.40. The van der Waals surface area contributed by atoms with Crippen molar-refractivity contribution in [2.45, 2.75) is 6.92 Å². The van der Waals surface area contributed by atoms with E-state index in [0.717, 1.165) is 11.0 Å². The SMILES string of the molecule is CCOC(=O)C=C1NC(=O)N(c2cc(Cl)cc(Cl)c2)C1=O. The first-order valence-electron chi connectivity index (χ1n) is 5.92. The minimum atomic E-state index is -0.716. The number of benzene rings is 1. The van der Waals surface area contributed by atoms with Gasteiger partial charge < -0.3 is 10.1 Å². The summed E-state index contributed by atoms with van der Waals surface area (Å²) >= 11 is 11.7. The van der Waals surface area contributed by atoms with Crippen LogP contribution in [0.15, 0.2) is 30.0 Å². The van der Waals surface area contributed by atoms with Gasteiger partial charge in [0.05, 0.1) is 18.4 Å². The fourth-order valence-corrected chi connectivity index (χ4v) is 2.25. The third-order valence-electron chi connectivity index (χ3n) is 2.53. The van der Waals surface area contributed by atoms with Crippen LogP contribution in [-0.4, -0.2) is 24.5 Å². The second-order valence-electron chi connectivity index (χ2n) is 4.01. The zero-order chi connectivity index (χ0) is 15.6. The Labute approximate surface area is 130 Å². The molecule has 0 radical (unpaired) electrons. The molecule has 2 rings (SSSR count). The Morgan fingerprint density at radius 2 is 1.90 bits per heavy atom. The van der Waals surface area contributed by atoms with Crippen molar-refractivity contribution in [1.29, 1.82) is 0 Å². The van der Waals surface area contributed by atoms with Gasteiger partial charge in [0.2, 0.25) is 0 Å². The molecule has 0 saturated carbocycles. The van der Waals surface area contributed by atoms with E-state index >= 15 is 0 Å². The lowest BCUT2D eigenvalue weighted by atomic mass is 10.3. The number of hydrogen-bond donors (Lipinski definition) is 1. The molecule has 21 heavy (non-hydrogen) atoms. The standard InChI is InChI=1S/C13H10Cl2N2O4/c1-2-21-11(18)6-10-12(19)17(13(20)16-10)9-4-7(14)3-8(15)5-9/h3-6H,2H2,1H3,(H,16,20). The first kappa shape index (κ1) is 15.3. The average Bonchev–Trinajstić information content (AvgIpc) is 2.63. The van der Waals surface area contributed by atoms with E-state index in [1.165, 1.54) is 18.2 Å². The number of esters is 1. The number of nitrogens with one attached hydrogen (secondary N) is 1. The minimum Gasteiger partial charge on any atom is -0.463 e. The Bertz CT molecular complexity index is 637. The third kappa shape index (κ3) is 3.34. The van der Waals surface area contributed by atoms with Gasteiger partial charge in [-0.15, -0.1) is 0 Å². The van der Waals surface area contributed by atoms with Crippen molar-refractivity contribution >= 4 is 46.8 Å². The van der Waals surface area contributed by atoms with Crippen LogP contribution >= 0.6 is 23.2 Å². The summed E-state index contributed by atoms with van der Waals surface area (Å²) in [4.78, 5) is 36.2. The molecule has 0 unspecified atom stereocenters. The van der Waals surface area contributed by atoms with Crippen LogP contribution in [0.25, 0.3) is 0 Å². The number of imide groups is 1.